The first-order valence-electron chi connectivity index (χ1n) is 6.89. The molecule has 0 heterocycles. The van der Waals surface area contributed by atoms with Gasteiger partial charge in [0.2, 0.25) is 10.0 Å². The molecule has 0 saturated heterocycles. The fraction of sp³-hybridized carbons (Fsp3) is 0.188. The summed E-state index contributed by atoms with van der Waals surface area (Å²) < 4.78 is 38.1. The van der Waals surface area contributed by atoms with Crippen molar-refractivity contribution in [3.05, 3.63) is 65.5 Å². The predicted molar refractivity (Wildman–Crippen MR) is 87.2 cm³/mol. The molecule has 23 heavy (non-hydrogen) atoms. The lowest BCUT2D eigenvalue weighted by atomic mass is 10.1. The number of anilines is 1. The molecule has 122 valence electrons. The minimum absolute atomic E-state index is 0.167. The van der Waals surface area contributed by atoms with Crippen LogP contribution in [0.1, 0.15) is 28.9 Å². The van der Waals surface area contributed by atoms with Crippen LogP contribution in [0.15, 0.2) is 48.5 Å². The lowest BCUT2D eigenvalue weighted by Gasteiger charge is -2.15. The Labute approximate surface area is 134 Å². The van der Waals surface area contributed by atoms with Crippen LogP contribution >= 0.6 is 0 Å². The molecule has 1 amide bonds. The molecule has 0 unspecified atom stereocenters. The van der Waals surface area contributed by atoms with E-state index in [1.165, 1.54) is 12.1 Å². The van der Waals surface area contributed by atoms with Gasteiger partial charge < -0.3 is 5.32 Å². The Bertz CT molecular complexity index is 807. The number of hydrogen-bond acceptors (Lipinski definition) is 3. The summed E-state index contributed by atoms with van der Waals surface area (Å²) in [6.45, 7) is 1.83. The standard InChI is InChI=1S/C16H17FN2O3S/c1-11(12-6-4-3-5-7-12)18-16(20)13-8-9-14(17)15(10-13)19-23(2,21)22/h3-11,19H,1-2H3,(H,18,20)/t11-/m0/s1. The second kappa shape index (κ2) is 6.78. The molecule has 7 heteroatoms. The first-order chi connectivity index (χ1) is 10.8. The van der Waals surface area contributed by atoms with E-state index in [-0.39, 0.29) is 17.3 Å². The third-order valence-corrected chi connectivity index (χ3v) is 3.76. The van der Waals surface area contributed by atoms with Crippen LogP contribution in [0.25, 0.3) is 0 Å². The van der Waals surface area contributed by atoms with Crippen molar-refractivity contribution < 1.29 is 17.6 Å². The molecule has 0 saturated carbocycles. The van der Waals surface area contributed by atoms with Crippen molar-refractivity contribution in [1.29, 1.82) is 0 Å². The van der Waals surface area contributed by atoms with E-state index in [9.17, 15) is 17.6 Å². The van der Waals surface area contributed by atoms with Gasteiger partial charge in [0.05, 0.1) is 18.0 Å². The number of nitrogens with one attached hydrogen (secondary N) is 2. The molecule has 0 aliphatic heterocycles. The van der Waals surface area contributed by atoms with E-state index in [1.54, 1.807) is 0 Å². The average Bonchev–Trinajstić information content (AvgIpc) is 2.49. The fourth-order valence-corrected chi connectivity index (χ4v) is 2.61. The summed E-state index contributed by atoms with van der Waals surface area (Å²) in [5.74, 6) is -1.17. The molecule has 2 rings (SSSR count). The van der Waals surface area contributed by atoms with Gasteiger partial charge in [0.25, 0.3) is 5.91 Å². The second-order valence-corrected chi connectivity index (χ2v) is 6.92. The Hall–Kier alpha value is -2.41. The number of halogens is 1. The summed E-state index contributed by atoms with van der Waals surface area (Å²) in [5.41, 5.74) is 0.838. The molecule has 0 fully saturated rings. The molecular weight excluding hydrogens is 319 g/mol. The number of carbonyl (C=O) groups is 1. The van der Waals surface area contributed by atoms with Crippen LogP contribution in [0.2, 0.25) is 0 Å². The first-order valence-corrected chi connectivity index (χ1v) is 8.78. The van der Waals surface area contributed by atoms with E-state index in [0.717, 1.165) is 17.9 Å². The zero-order valence-corrected chi connectivity index (χ0v) is 13.5. The van der Waals surface area contributed by atoms with Gasteiger partial charge in [0, 0.05) is 5.56 Å². The van der Waals surface area contributed by atoms with Gasteiger partial charge in [-0.1, -0.05) is 30.3 Å². The minimum atomic E-state index is -3.63. The number of amides is 1. The molecule has 2 aromatic carbocycles. The maximum Gasteiger partial charge on any atom is 0.251 e. The monoisotopic (exact) mass is 336 g/mol. The average molecular weight is 336 g/mol. The number of hydrogen-bond donors (Lipinski definition) is 2. The van der Waals surface area contributed by atoms with Crippen LogP contribution in [0.5, 0.6) is 0 Å². The van der Waals surface area contributed by atoms with E-state index < -0.39 is 21.7 Å². The predicted octanol–water partition coefficient (Wildman–Crippen LogP) is 2.69. The van der Waals surface area contributed by atoms with Crippen molar-refractivity contribution in [3.8, 4) is 0 Å². The molecule has 0 aromatic heterocycles. The Kier molecular flexibility index (Phi) is 5.00. The molecule has 0 aliphatic carbocycles. The molecule has 5 nitrogen and oxygen atoms in total. The van der Waals surface area contributed by atoms with E-state index in [1.807, 2.05) is 42.0 Å². The largest absolute Gasteiger partial charge is 0.346 e. The van der Waals surface area contributed by atoms with Gasteiger partial charge in [-0.05, 0) is 30.7 Å². The van der Waals surface area contributed by atoms with Gasteiger partial charge in [-0.3, -0.25) is 9.52 Å². The van der Waals surface area contributed by atoms with Crippen molar-refractivity contribution in [2.75, 3.05) is 11.0 Å². The Morgan fingerprint density at radius 2 is 1.78 bits per heavy atom. The molecule has 0 bridgehead atoms. The molecule has 0 radical (unpaired) electrons. The van der Waals surface area contributed by atoms with Gasteiger partial charge in [-0.25, -0.2) is 12.8 Å². The van der Waals surface area contributed by atoms with Crippen LogP contribution in [0, 0.1) is 5.82 Å². The first kappa shape index (κ1) is 17.0. The van der Waals surface area contributed by atoms with E-state index in [0.29, 0.717) is 0 Å². The number of rotatable bonds is 5. The van der Waals surface area contributed by atoms with Crippen LogP contribution in [0.4, 0.5) is 10.1 Å². The number of carbonyl (C=O) groups excluding carboxylic acids is 1. The summed E-state index contributed by atoms with van der Waals surface area (Å²) in [6.07, 6.45) is 0.913. The fourth-order valence-electron chi connectivity index (χ4n) is 2.05. The number of benzene rings is 2. The highest BCUT2D eigenvalue weighted by Crippen LogP contribution is 2.18. The van der Waals surface area contributed by atoms with E-state index in [4.69, 9.17) is 0 Å². The molecular formula is C16H17FN2O3S. The van der Waals surface area contributed by atoms with Crippen molar-refractivity contribution in [3.63, 3.8) is 0 Å². The van der Waals surface area contributed by atoms with Gasteiger partial charge in [0.1, 0.15) is 5.82 Å². The highest BCUT2D eigenvalue weighted by molar-refractivity contribution is 7.92. The highest BCUT2D eigenvalue weighted by Gasteiger charge is 2.15. The summed E-state index contributed by atoms with van der Waals surface area (Å²) in [4.78, 5) is 12.2. The van der Waals surface area contributed by atoms with Crippen LogP contribution < -0.4 is 10.0 Å². The highest BCUT2D eigenvalue weighted by atomic mass is 32.2. The van der Waals surface area contributed by atoms with Gasteiger partial charge in [-0.15, -0.1) is 0 Å². The SMILES string of the molecule is C[C@H](NC(=O)c1ccc(F)c(NS(C)(=O)=O)c1)c1ccccc1. The Balaban J connectivity index is 2.18. The van der Waals surface area contributed by atoms with Crippen molar-refractivity contribution in [1.82, 2.24) is 5.32 Å². The maximum atomic E-state index is 13.6. The third kappa shape index (κ3) is 4.79. The normalized spacial score (nSPS) is 12.5. The van der Waals surface area contributed by atoms with Crippen LogP contribution in [0.3, 0.4) is 0 Å². The zero-order chi connectivity index (χ0) is 17.0. The van der Waals surface area contributed by atoms with Gasteiger partial charge in [0.15, 0.2) is 0 Å². The Morgan fingerprint density at radius 1 is 1.13 bits per heavy atom. The quantitative estimate of drug-likeness (QED) is 0.881. The summed E-state index contributed by atoms with van der Waals surface area (Å²) in [5, 5.41) is 2.78. The van der Waals surface area contributed by atoms with Crippen molar-refractivity contribution in [2.24, 2.45) is 0 Å². The van der Waals surface area contributed by atoms with E-state index in [2.05, 4.69) is 5.32 Å². The summed E-state index contributed by atoms with van der Waals surface area (Å²) >= 11 is 0. The second-order valence-electron chi connectivity index (χ2n) is 5.17. The molecule has 2 aromatic rings. The van der Waals surface area contributed by atoms with Gasteiger partial charge >= 0.3 is 0 Å². The third-order valence-electron chi connectivity index (χ3n) is 3.17. The van der Waals surface area contributed by atoms with Crippen molar-refractivity contribution in [2.45, 2.75) is 13.0 Å². The maximum absolute atomic E-state index is 13.6. The number of sulfonamides is 1. The van der Waals surface area contributed by atoms with Crippen LogP contribution in [-0.2, 0) is 10.0 Å². The topological polar surface area (TPSA) is 75.3 Å². The molecule has 0 aliphatic rings. The Morgan fingerprint density at radius 3 is 2.39 bits per heavy atom. The molecule has 0 spiro atoms. The zero-order valence-electron chi connectivity index (χ0n) is 12.7. The smallest absolute Gasteiger partial charge is 0.251 e. The van der Waals surface area contributed by atoms with E-state index >= 15 is 0 Å². The van der Waals surface area contributed by atoms with Gasteiger partial charge in [-0.2, -0.15) is 0 Å². The molecule has 2 N–H and O–H groups in total. The minimum Gasteiger partial charge on any atom is -0.346 e. The summed E-state index contributed by atoms with van der Waals surface area (Å²) in [7, 11) is -3.63. The van der Waals surface area contributed by atoms with Crippen molar-refractivity contribution >= 4 is 21.6 Å². The molecule has 1 atom stereocenters. The lowest BCUT2D eigenvalue weighted by molar-refractivity contribution is 0.0940. The van der Waals surface area contributed by atoms with Crippen LogP contribution in [-0.4, -0.2) is 20.6 Å². The lowest BCUT2D eigenvalue weighted by Crippen LogP contribution is -2.26. The summed E-state index contributed by atoms with van der Waals surface area (Å²) in [6, 6.07) is 12.7.